The van der Waals surface area contributed by atoms with Gasteiger partial charge in [-0.05, 0) is 57.7 Å². The lowest BCUT2D eigenvalue weighted by Crippen LogP contribution is -2.67. The third-order valence-electron chi connectivity index (χ3n) is 6.12. The molecular formula is C27H33F3N2O3. The number of likely N-dealkylation sites (tertiary alicyclic amines) is 1. The van der Waals surface area contributed by atoms with Crippen molar-refractivity contribution in [2.45, 2.75) is 69.8 Å². The number of rotatable bonds is 7. The van der Waals surface area contributed by atoms with E-state index in [9.17, 15) is 22.8 Å². The Hall–Kier alpha value is -2.87. The van der Waals surface area contributed by atoms with E-state index < -0.39 is 29.2 Å². The molecule has 35 heavy (non-hydrogen) atoms. The Morgan fingerprint density at radius 1 is 1.00 bits per heavy atom. The molecule has 0 aliphatic carbocycles. The number of nitrogens with one attached hydrogen (secondary N) is 1. The molecule has 0 unspecified atom stereocenters. The van der Waals surface area contributed by atoms with Crippen LogP contribution in [0, 0.1) is 0 Å². The van der Waals surface area contributed by atoms with Gasteiger partial charge >= 0.3 is 12.3 Å². The fourth-order valence-electron chi connectivity index (χ4n) is 4.60. The Morgan fingerprint density at radius 3 is 2.11 bits per heavy atom. The van der Waals surface area contributed by atoms with Crippen LogP contribution in [0.5, 0.6) is 0 Å². The summed E-state index contributed by atoms with van der Waals surface area (Å²) in [5.41, 5.74) is -1.37. The highest BCUT2D eigenvalue weighted by atomic mass is 19.4. The van der Waals surface area contributed by atoms with Crippen LogP contribution >= 0.6 is 0 Å². The Kier molecular flexibility index (Phi) is 8.26. The molecule has 190 valence electrons. The summed E-state index contributed by atoms with van der Waals surface area (Å²) in [7, 11) is 0. The summed E-state index contributed by atoms with van der Waals surface area (Å²) in [4.78, 5) is 27.2. The first-order valence-electron chi connectivity index (χ1n) is 11.8. The normalized spacial score (nSPS) is 21.0. The van der Waals surface area contributed by atoms with Crippen LogP contribution in [0.25, 0.3) is 0 Å². The van der Waals surface area contributed by atoms with Gasteiger partial charge in [0.15, 0.2) is 0 Å². The minimum absolute atomic E-state index is 0.0213. The van der Waals surface area contributed by atoms with Crippen molar-refractivity contribution in [1.29, 1.82) is 0 Å². The van der Waals surface area contributed by atoms with Gasteiger partial charge in [-0.2, -0.15) is 13.2 Å². The number of Topliss-reactive ketones (excluding diaryl/α,β-unsaturated/α-hetero) is 1. The average Bonchev–Trinajstić information content (AvgIpc) is 2.78. The predicted molar refractivity (Wildman–Crippen MR) is 128 cm³/mol. The zero-order valence-corrected chi connectivity index (χ0v) is 20.4. The van der Waals surface area contributed by atoms with E-state index in [0.29, 0.717) is 24.9 Å². The van der Waals surface area contributed by atoms with Crippen LogP contribution in [0.15, 0.2) is 60.7 Å². The Labute approximate surface area is 204 Å². The Balaban J connectivity index is 1.92. The summed E-state index contributed by atoms with van der Waals surface area (Å²) in [6.45, 7) is 5.46. The lowest BCUT2D eigenvalue weighted by Gasteiger charge is -2.48. The van der Waals surface area contributed by atoms with Gasteiger partial charge in [0, 0.05) is 19.0 Å². The molecule has 1 amide bonds. The number of carbonyl (C=O) groups excluding carboxylic acids is 2. The summed E-state index contributed by atoms with van der Waals surface area (Å²) in [5.74, 6) is -1.92. The van der Waals surface area contributed by atoms with Gasteiger partial charge in [0.2, 0.25) is 0 Å². The molecule has 5 nitrogen and oxygen atoms in total. The van der Waals surface area contributed by atoms with Crippen molar-refractivity contribution in [3.63, 3.8) is 0 Å². The number of benzene rings is 2. The number of piperidine rings is 1. The van der Waals surface area contributed by atoms with Gasteiger partial charge in [0.25, 0.3) is 5.78 Å². The largest absolute Gasteiger partial charge is 0.452 e. The van der Waals surface area contributed by atoms with E-state index in [2.05, 4.69) is 5.32 Å². The van der Waals surface area contributed by atoms with E-state index in [1.54, 1.807) is 51.1 Å². The van der Waals surface area contributed by atoms with Crippen LogP contribution in [-0.4, -0.2) is 53.2 Å². The van der Waals surface area contributed by atoms with Gasteiger partial charge in [-0.1, -0.05) is 60.7 Å². The molecule has 0 bridgehead atoms. The van der Waals surface area contributed by atoms with Gasteiger partial charge in [-0.15, -0.1) is 0 Å². The third-order valence-corrected chi connectivity index (χ3v) is 6.12. The van der Waals surface area contributed by atoms with E-state index >= 15 is 0 Å². The van der Waals surface area contributed by atoms with Crippen LogP contribution in [0.3, 0.4) is 0 Å². The first-order chi connectivity index (χ1) is 16.4. The SMILES string of the molecule is CC(C)(C)OC(=O)N1CC[C@H](NCCc2ccccc2)C[C@]1(Cc1ccccc1)C(=O)C(F)(F)F. The van der Waals surface area contributed by atoms with Gasteiger partial charge in [-0.3, -0.25) is 9.69 Å². The molecule has 3 rings (SSSR count). The summed E-state index contributed by atoms with van der Waals surface area (Å²) < 4.78 is 47.5. The molecule has 0 radical (unpaired) electrons. The molecule has 0 spiro atoms. The van der Waals surface area contributed by atoms with Gasteiger partial charge in [0.05, 0.1) is 0 Å². The average molecular weight is 491 g/mol. The maximum atomic E-state index is 14.0. The minimum Gasteiger partial charge on any atom is -0.444 e. The maximum absolute atomic E-state index is 14.0. The maximum Gasteiger partial charge on any atom is 0.452 e. The van der Waals surface area contributed by atoms with E-state index in [0.717, 1.165) is 10.5 Å². The minimum atomic E-state index is -5.11. The number of carbonyl (C=O) groups is 2. The number of ether oxygens (including phenoxy) is 1. The van der Waals surface area contributed by atoms with Crippen LogP contribution in [-0.2, 0) is 22.4 Å². The molecule has 2 aromatic rings. The molecule has 1 aliphatic heterocycles. The van der Waals surface area contributed by atoms with Crippen LogP contribution in [0.1, 0.15) is 44.7 Å². The van der Waals surface area contributed by atoms with Crippen molar-refractivity contribution in [3.05, 3.63) is 71.8 Å². The van der Waals surface area contributed by atoms with Gasteiger partial charge < -0.3 is 10.1 Å². The zero-order valence-electron chi connectivity index (χ0n) is 20.4. The van der Waals surface area contributed by atoms with Crippen LogP contribution in [0.2, 0.25) is 0 Å². The van der Waals surface area contributed by atoms with E-state index in [-0.39, 0.29) is 25.4 Å². The molecule has 0 saturated carbocycles. The topological polar surface area (TPSA) is 58.6 Å². The number of hydrogen-bond donors (Lipinski definition) is 1. The molecule has 2 aromatic carbocycles. The van der Waals surface area contributed by atoms with Crippen molar-refractivity contribution in [1.82, 2.24) is 10.2 Å². The second-order valence-corrected chi connectivity index (χ2v) is 10.0. The van der Waals surface area contributed by atoms with Gasteiger partial charge in [-0.25, -0.2) is 4.79 Å². The fraction of sp³-hybridized carbons (Fsp3) is 0.481. The van der Waals surface area contributed by atoms with Crippen molar-refractivity contribution in [2.75, 3.05) is 13.1 Å². The van der Waals surface area contributed by atoms with E-state index in [1.807, 2.05) is 30.3 Å². The number of alkyl halides is 3. The molecule has 1 aliphatic rings. The van der Waals surface area contributed by atoms with Crippen LogP contribution < -0.4 is 5.32 Å². The number of amides is 1. The lowest BCUT2D eigenvalue weighted by molar-refractivity contribution is -0.186. The van der Waals surface area contributed by atoms with Crippen molar-refractivity contribution in [3.8, 4) is 0 Å². The molecule has 1 N–H and O–H groups in total. The molecule has 2 atom stereocenters. The third kappa shape index (κ3) is 7.07. The van der Waals surface area contributed by atoms with Crippen molar-refractivity contribution >= 4 is 11.9 Å². The summed E-state index contributed by atoms with van der Waals surface area (Å²) >= 11 is 0. The highest BCUT2D eigenvalue weighted by Gasteiger charge is 2.59. The molecule has 8 heteroatoms. The quantitative estimate of drug-likeness (QED) is 0.570. The standard InChI is InChI=1S/C27H33F3N2O3/c1-25(2,3)35-24(34)32-17-15-22(31-16-14-20-10-6-4-7-11-20)19-26(32,23(33)27(28,29)30)18-21-12-8-5-9-13-21/h4-13,22,31H,14-19H2,1-3H3/t22-,26+/m0/s1. The number of hydrogen-bond acceptors (Lipinski definition) is 4. The summed E-state index contributed by atoms with van der Waals surface area (Å²) in [5, 5.41) is 3.33. The smallest absolute Gasteiger partial charge is 0.444 e. The first-order valence-corrected chi connectivity index (χ1v) is 11.8. The predicted octanol–water partition coefficient (Wildman–Crippen LogP) is 5.33. The number of nitrogens with zero attached hydrogens (tertiary/aromatic N) is 1. The Morgan fingerprint density at radius 2 is 1.57 bits per heavy atom. The van der Waals surface area contributed by atoms with Crippen LogP contribution in [0.4, 0.5) is 18.0 Å². The lowest BCUT2D eigenvalue weighted by atomic mass is 9.75. The van der Waals surface area contributed by atoms with E-state index in [4.69, 9.17) is 4.74 Å². The first kappa shape index (κ1) is 26.7. The molecule has 0 aromatic heterocycles. The monoisotopic (exact) mass is 490 g/mol. The zero-order chi connectivity index (χ0) is 25.7. The Bertz CT molecular complexity index is 990. The highest BCUT2D eigenvalue weighted by molar-refractivity contribution is 5.96. The molecular weight excluding hydrogens is 457 g/mol. The molecule has 1 heterocycles. The highest BCUT2D eigenvalue weighted by Crippen LogP contribution is 2.39. The molecule has 1 saturated heterocycles. The number of halogens is 3. The second-order valence-electron chi connectivity index (χ2n) is 10.0. The number of ketones is 1. The molecule has 1 fully saturated rings. The van der Waals surface area contributed by atoms with Gasteiger partial charge in [0.1, 0.15) is 11.1 Å². The second kappa shape index (κ2) is 10.8. The fourth-order valence-corrected chi connectivity index (χ4v) is 4.60. The van der Waals surface area contributed by atoms with Crippen molar-refractivity contribution in [2.24, 2.45) is 0 Å². The summed E-state index contributed by atoms with van der Waals surface area (Å²) in [6.07, 6.45) is -5.31. The van der Waals surface area contributed by atoms with E-state index in [1.165, 1.54) is 0 Å². The van der Waals surface area contributed by atoms with Crippen molar-refractivity contribution < 1.29 is 27.5 Å². The summed E-state index contributed by atoms with van der Waals surface area (Å²) in [6, 6.07) is 17.9.